The summed E-state index contributed by atoms with van der Waals surface area (Å²) in [4.78, 5) is 4.98. The highest BCUT2D eigenvalue weighted by Gasteiger charge is 2.28. The zero-order valence-corrected chi connectivity index (χ0v) is 12.4. The molecular weight excluding hydrogens is 210 g/mol. The largest absolute Gasteiger partial charge is 0.315 e. The van der Waals surface area contributed by atoms with Crippen molar-refractivity contribution >= 4 is 0 Å². The standard InChI is InChI=1S/C14H31N3/c1-12(2)7-6-8-13(15-3)14-11-16(4)9-10-17(14)5/h12-15H,6-11H2,1-5H3. The molecule has 1 aliphatic heterocycles. The summed E-state index contributed by atoms with van der Waals surface area (Å²) < 4.78 is 0. The zero-order valence-electron chi connectivity index (χ0n) is 12.4. The number of likely N-dealkylation sites (N-methyl/N-ethyl adjacent to an activating group) is 3. The van der Waals surface area contributed by atoms with Crippen LogP contribution in [0.3, 0.4) is 0 Å². The van der Waals surface area contributed by atoms with Crippen molar-refractivity contribution in [3.05, 3.63) is 0 Å². The second kappa shape index (κ2) is 7.34. The van der Waals surface area contributed by atoms with E-state index in [9.17, 15) is 0 Å². The maximum absolute atomic E-state index is 3.53. The van der Waals surface area contributed by atoms with E-state index in [-0.39, 0.29) is 0 Å². The van der Waals surface area contributed by atoms with Crippen molar-refractivity contribution in [2.75, 3.05) is 40.8 Å². The molecule has 1 rings (SSSR count). The minimum Gasteiger partial charge on any atom is -0.315 e. The Kier molecular flexibility index (Phi) is 6.45. The monoisotopic (exact) mass is 241 g/mol. The third-order valence-corrected chi connectivity index (χ3v) is 4.03. The van der Waals surface area contributed by atoms with Gasteiger partial charge in [0.2, 0.25) is 0 Å². The number of hydrogen-bond donors (Lipinski definition) is 1. The molecule has 0 aliphatic carbocycles. The van der Waals surface area contributed by atoms with Crippen LogP contribution in [0.2, 0.25) is 0 Å². The molecule has 1 saturated heterocycles. The third-order valence-electron chi connectivity index (χ3n) is 4.03. The second-order valence-corrected chi connectivity index (χ2v) is 6.03. The maximum atomic E-state index is 3.53. The molecule has 17 heavy (non-hydrogen) atoms. The van der Waals surface area contributed by atoms with Crippen LogP contribution >= 0.6 is 0 Å². The summed E-state index contributed by atoms with van der Waals surface area (Å²) in [5.74, 6) is 0.833. The van der Waals surface area contributed by atoms with Crippen LogP contribution in [0.15, 0.2) is 0 Å². The fourth-order valence-electron chi connectivity index (χ4n) is 2.75. The van der Waals surface area contributed by atoms with E-state index in [1.54, 1.807) is 0 Å². The molecule has 0 spiro atoms. The normalized spacial score (nSPS) is 25.4. The highest BCUT2D eigenvalue weighted by atomic mass is 15.3. The summed E-state index contributed by atoms with van der Waals surface area (Å²) in [6.07, 6.45) is 4.00. The fourth-order valence-corrected chi connectivity index (χ4v) is 2.75. The number of nitrogens with zero attached hydrogens (tertiary/aromatic N) is 2. The fraction of sp³-hybridized carbons (Fsp3) is 1.00. The number of rotatable bonds is 6. The molecule has 1 fully saturated rings. The molecule has 0 radical (unpaired) electrons. The van der Waals surface area contributed by atoms with Crippen LogP contribution in [-0.4, -0.2) is 62.7 Å². The van der Waals surface area contributed by atoms with Gasteiger partial charge < -0.3 is 10.2 Å². The van der Waals surface area contributed by atoms with Gasteiger partial charge in [-0.15, -0.1) is 0 Å². The van der Waals surface area contributed by atoms with Gasteiger partial charge in [-0.3, -0.25) is 4.90 Å². The van der Waals surface area contributed by atoms with E-state index in [1.807, 2.05) is 0 Å². The van der Waals surface area contributed by atoms with Crippen LogP contribution in [0.25, 0.3) is 0 Å². The van der Waals surface area contributed by atoms with Crippen molar-refractivity contribution in [3.8, 4) is 0 Å². The van der Waals surface area contributed by atoms with E-state index in [0.29, 0.717) is 12.1 Å². The van der Waals surface area contributed by atoms with E-state index >= 15 is 0 Å². The Hall–Kier alpha value is -0.120. The van der Waals surface area contributed by atoms with Gasteiger partial charge in [-0.1, -0.05) is 26.7 Å². The Labute approximate surface area is 108 Å². The minimum atomic E-state index is 0.640. The molecule has 1 N–H and O–H groups in total. The van der Waals surface area contributed by atoms with Crippen LogP contribution in [0.5, 0.6) is 0 Å². The van der Waals surface area contributed by atoms with E-state index in [0.717, 1.165) is 5.92 Å². The molecule has 0 aromatic carbocycles. The van der Waals surface area contributed by atoms with Gasteiger partial charge in [-0.25, -0.2) is 0 Å². The van der Waals surface area contributed by atoms with Gasteiger partial charge in [0.1, 0.15) is 0 Å². The Morgan fingerprint density at radius 2 is 1.88 bits per heavy atom. The summed E-state index contributed by atoms with van der Waals surface area (Å²) in [7, 11) is 6.62. The molecule has 0 aromatic heterocycles. The Balaban J connectivity index is 2.41. The first-order valence-corrected chi connectivity index (χ1v) is 7.10. The van der Waals surface area contributed by atoms with Crippen LogP contribution in [0, 0.1) is 5.92 Å². The lowest BCUT2D eigenvalue weighted by Gasteiger charge is -2.42. The SMILES string of the molecule is CNC(CCCC(C)C)C1CN(C)CCN1C. The van der Waals surface area contributed by atoms with E-state index in [2.05, 4.69) is 50.1 Å². The summed E-state index contributed by atoms with van der Waals surface area (Å²) in [5, 5.41) is 3.53. The average Bonchev–Trinajstić information content (AvgIpc) is 2.28. The number of hydrogen-bond acceptors (Lipinski definition) is 3. The first kappa shape index (κ1) is 14.9. The van der Waals surface area contributed by atoms with Crippen molar-refractivity contribution in [2.45, 2.75) is 45.2 Å². The van der Waals surface area contributed by atoms with Gasteiger partial charge >= 0.3 is 0 Å². The van der Waals surface area contributed by atoms with Crippen LogP contribution in [-0.2, 0) is 0 Å². The topological polar surface area (TPSA) is 18.5 Å². The lowest BCUT2D eigenvalue weighted by atomic mass is 9.96. The molecule has 2 unspecified atom stereocenters. The van der Waals surface area contributed by atoms with Crippen molar-refractivity contribution in [1.29, 1.82) is 0 Å². The molecule has 1 aliphatic rings. The maximum Gasteiger partial charge on any atom is 0.0373 e. The van der Waals surface area contributed by atoms with Gasteiger partial charge in [0.15, 0.2) is 0 Å². The number of piperazine rings is 1. The predicted octanol–water partition coefficient (Wildman–Crippen LogP) is 1.65. The summed E-state index contributed by atoms with van der Waals surface area (Å²) in [5.41, 5.74) is 0. The van der Waals surface area contributed by atoms with Crippen molar-refractivity contribution in [2.24, 2.45) is 5.92 Å². The molecule has 3 nitrogen and oxygen atoms in total. The van der Waals surface area contributed by atoms with Crippen molar-refractivity contribution in [1.82, 2.24) is 15.1 Å². The molecule has 2 atom stereocenters. The highest BCUT2D eigenvalue weighted by molar-refractivity contribution is 4.88. The second-order valence-electron chi connectivity index (χ2n) is 6.03. The van der Waals surface area contributed by atoms with Crippen LogP contribution in [0.4, 0.5) is 0 Å². The van der Waals surface area contributed by atoms with Gasteiger partial charge in [0.05, 0.1) is 0 Å². The minimum absolute atomic E-state index is 0.640. The van der Waals surface area contributed by atoms with Crippen LogP contribution < -0.4 is 5.32 Å². The first-order chi connectivity index (χ1) is 8.04. The number of nitrogens with one attached hydrogen (secondary N) is 1. The van der Waals surface area contributed by atoms with Crippen molar-refractivity contribution < 1.29 is 0 Å². The quantitative estimate of drug-likeness (QED) is 0.763. The zero-order chi connectivity index (χ0) is 12.8. The Bertz CT molecular complexity index is 206. The molecule has 0 saturated carbocycles. The molecule has 0 bridgehead atoms. The smallest absolute Gasteiger partial charge is 0.0373 e. The summed E-state index contributed by atoms with van der Waals surface area (Å²) in [6, 6.07) is 1.31. The van der Waals surface area contributed by atoms with Gasteiger partial charge in [-0.2, -0.15) is 0 Å². The predicted molar refractivity (Wildman–Crippen MR) is 75.5 cm³/mol. The first-order valence-electron chi connectivity index (χ1n) is 7.10. The highest BCUT2D eigenvalue weighted by Crippen LogP contribution is 2.16. The lowest BCUT2D eigenvalue weighted by molar-refractivity contribution is 0.0864. The molecule has 1 heterocycles. The van der Waals surface area contributed by atoms with Gasteiger partial charge in [0.25, 0.3) is 0 Å². The molecule has 3 heteroatoms. The average molecular weight is 241 g/mol. The van der Waals surface area contributed by atoms with Crippen molar-refractivity contribution in [3.63, 3.8) is 0 Å². The van der Waals surface area contributed by atoms with E-state index < -0.39 is 0 Å². The molecule has 0 aromatic rings. The van der Waals surface area contributed by atoms with E-state index in [4.69, 9.17) is 0 Å². The summed E-state index contributed by atoms with van der Waals surface area (Å²) in [6.45, 7) is 8.23. The molecule has 102 valence electrons. The lowest BCUT2D eigenvalue weighted by Crippen LogP contribution is -2.58. The third kappa shape index (κ3) is 4.94. The molecule has 0 amide bonds. The summed E-state index contributed by atoms with van der Waals surface area (Å²) >= 11 is 0. The van der Waals surface area contributed by atoms with Gasteiger partial charge in [-0.05, 0) is 33.5 Å². The van der Waals surface area contributed by atoms with Crippen LogP contribution in [0.1, 0.15) is 33.1 Å². The Morgan fingerprint density at radius 1 is 1.18 bits per heavy atom. The molecular formula is C14H31N3. The Morgan fingerprint density at radius 3 is 2.47 bits per heavy atom. The van der Waals surface area contributed by atoms with Gasteiger partial charge in [0, 0.05) is 31.7 Å². The van der Waals surface area contributed by atoms with E-state index in [1.165, 1.54) is 38.9 Å².